The number of carbonyl (C=O) groups excluding carboxylic acids is 4. The summed E-state index contributed by atoms with van der Waals surface area (Å²) in [4.78, 5) is 48.0. The molecule has 5 amide bonds. The molecule has 0 unspecified atom stereocenters. The van der Waals surface area contributed by atoms with Crippen molar-refractivity contribution >= 4 is 23.8 Å². The number of urea groups is 1. The molecule has 7 heteroatoms. The Hall–Kier alpha value is -2.70. The second kappa shape index (κ2) is 4.69. The fraction of sp³-hybridized carbons (Fsp3) is 0.286. The lowest BCUT2D eigenvalue weighted by molar-refractivity contribution is -0.131. The van der Waals surface area contributed by atoms with Crippen LogP contribution in [0.4, 0.5) is 4.79 Å². The predicted octanol–water partition coefficient (Wildman–Crippen LogP) is 0.702. The SMILES string of the molecule is CCCc1ccc2c(c1)C(=O)N(N1C(=O)CNC1=O)C2=O. The molecule has 0 bridgehead atoms. The third-order valence-corrected chi connectivity index (χ3v) is 3.49. The Balaban J connectivity index is 2.00. The van der Waals surface area contributed by atoms with Crippen LogP contribution in [-0.4, -0.2) is 40.3 Å². The van der Waals surface area contributed by atoms with Crippen LogP contribution in [0.5, 0.6) is 0 Å². The summed E-state index contributed by atoms with van der Waals surface area (Å²) in [5, 5.41) is 3.48. The molecule has 7 nitrogen and oxygen atoms in total. The van der Waals surface area contributed by atoms with Crippen molar-refractivity contribution in [2.24, 2.45) is 0 Å². The van der Waals surface area contributed by atoms with E-state index in [0.717, 1.165) is 18.4 Å². The number of nitrogens with one attached hydrogen (secondary N) is 1. The second-order valence-electron chi connectivity index (χ2n) is 4.92. The normalized spacial score (nSPS) is 17.6. The lowest BCUT2D eigenvalue weighted by Gasteiger charge is -2.21. The highest BCUT2D eigenvalue weighted by Crippen LogP contribution is 2.26. The number of nitrogens with zero attached hydrogens (tertiary/aromatic N) is 2. The number of hydrogen-bond acceptors (Lipinski definition) is 4. The molecule has 0 spiro atoms. The molecule has 2 aliphatic heterocycles. The maximum atomic E-state index is 12.4. The number of rotatable bonds is 3. The monoisotopic (exact) mass is 287 g/mol. The smallest absolute Gasteiger partial charge is 0.327 e. The lowest BCUT2D eigenvalue weighted by atomic mass is 10.0. The van der Waals surface area contributed by atoms with Gasteiger partial charge in [-0.2, -0.15) is 10.0 Å². The van der Waals surface area contributed by atoms with E-state index < -0.39 is 23.8 Å². The van der Waals surface area contributed by atoms with E-state index in [2.05, 4.69) is 5.32 Å². The molecular weight excluding hydrogens is 274 g/mol. The van der Waals surface area contributed by atoms with Gasteiger partial charge in [-0.1, -0.05) is 19.4 Å². The second-order valence-corrected chi connectivity index (χ2v) is 4.92. The van der Waals surface area contributed by atoms with Crippen LogP contribution in [0.1, 0.15) is 39.6 Å². The van der Waals surface area contributed by atoms with Crippen molar-refractivity contribution in [2.75, 3.05) is 6.54 Å². The summed E-state index contributed by atoms with van der Waals surface area (Å²) in [5.74, 6) is -1.91. The Morgan fingerprint density at radius 1 is 1.05 bits per heavy atom. The molecule has 1 aromatic carbocycles. The Morgan fingerprint density at radius 3 is 2.38 bits per heavy atom. The van der Waals surface area contributed by atoms with Crippen LogP contribution >= 0.6 is 0 Å². The molecule has 0 saturated carbocycles. The molecule has 0 atom stereocenters. The van der Waals surface area contributed by atoms with Crippen LogP contribution in [0.2, 0.25) is 0 Å². The number of imide groups is 2. The molecule has 1 N–H and O–H groups in total. The maximum Gasteiger partial charge on any atom is 0.344 e. The molecule has 0 radical (unpaired) electrons. The summed E-state index contributed by atoms with van der Waals surface area (Å²) in [5.41, 5.74) is 1.39. The van der Waals surface area contributed by atoms with Gasteiger partial charge in [-0.05, 0) is 24.1 Å². The van der Waals surface area contributed by atoms with Crippen LogP contribution < -0.4 is 5.32 Å². The third-order valence-electron chi connectivity index (χ3n) is 3.49. The van der Waals surface area contributed by atoms with E-state index in [-0.39, 0.29) is 17.7 Å². The van der Waals surface area contributed by atoms with Gasteiger partial charge < -0.3 is 5.32 Å². The molecule has 1 fully saturated rings. The molecule has 3 rings (SSSR count). The average Bonchev–Trinajstić information content (AvgIpc) is 2.90. The van der Waals surface area contributed by atoms with E-state index in [9.17, 15) is 19.2 Å². The van der Waals surface area contributed by atoms with E-state index in [1.54, 1.807) is 18.2 Å². The average molecular weight is 287 g/mol. The molecule has 1 aromatic rings. The van der Waals surface area contributed by atoms with Crippen LogP contribution in [0, 0.1) is 0 Å². The largest absolute Gasteiger partial charge is 0.344 e. The first kappa shape index (κ1) is 13.3. The first-order chi connectivity index (χ1) is 10.0. The first-order valence-electron chi connectivity index (χ1n) is 6.67. The zero-order valence-electron chi connectivity index (χ0n) is 11.4. The molecule has 2 aliphatic rings. The summed E-state index contributed by atoms with van der Waals surface area (Å²) in [6.45, 7) is 1.80. The van der Waals surface area contributed by atoms with Crippen molar-refractivity contribution < 1.29 is 19.2 Å². The van der Waals surface area contributed by atoms with E-state index in [0.29, 0.717) is 10.0 Å². The van der Waals surface area contributed by atoms with Crippen molar-refractivity contribution in [2.45, 2.75) is 19.8 Å². The molecule has 108 valence electrons. The number of amides is 5. The molecule has 0 aliphatic carbocycles. The Morgan fingerprint density at radius 2 is 1.76 bits per heavy atom. The highest BCUT2D eigenvalue weighted by atomic mass is 16.2. The van der Waals surface area contributed by atoms with Gasteiger partial charge in [0.2, 0.25) is 0 Å². The molecular formula is C14H13N3O4. The van der Waals surface area contributed by atoms with E-state index >= 15 is 0 Å². The highest BCUT2D eigenvalue weighted by molar-refractivity contribution is 6.23. The molecule has 1 saturated heterocycles. The summed E-state index contributed by atoms with van der Waals surface area (Å²) < 4.78 is 0. The summed E-state index contributed by atoms with van der Waals surface area (Å²) in [6.07, 6.45) is 1.70. The zero-order chi connectivity index (χ0) is 15.1. The van der Waals surface area contributed by atoms with Crippen molar-refractivity contribution in [1.82, 2.24) is 15.3 Å². The maximum absolute atomic E-state index is 12.4. The van der Waals surface area contributed by atoms with E-state index in [1.165, 1.54) is 0 Å². The summed E-state index contributed by atoms with van der Waals surface area (Å²) >= 11 is 0. The zero-order valence-corrected chi connectivity index (χ0v) is 11.4. The number of fused-ring (bicyclic) bond motifs is 1. The Kier molecular flexibility index (Phi) is 2.97. The van der Waals surface area contributed by atoms with Gasteiger partial charge >= 0.3 is 6.03 Å². The van der Waals surface area contributed by atoms with Crippen molar-refractivity contribution in [3.63, 3.8) is 0 Å². The highest BCUT2D eigenvalue weighted by Gasteiger charge is 2.46. The standard InChI is InChI=1S/C14H13N3O4/c1-2-3-8-4-5-9-10(6-8)13(20)17(12(9)19)16-11(18)7-15-14(16)21/h4-6H,2-3,7H2,1H3,(H,15,21). The topological polar surface area (TPSA) is 86.8 Å². The lowest BCUT2D eigenvalue weighted by Crippen LogP contribution is -2.49. The van der Waals surface area contributed by atoms with Crippen LogP contribution in [0.3, 0.4) is 0 Å². The van der Waals surface area contributed by atoms with Gasteiger partial charge in [0.25, 0.3) is 17.7 Å². The van der Waals surface area contributed by atoms with Gasteiger partial charge in [0.15, 0.2) is 0 Å². The predicted molar refractivity (Wildman–Crippen MR) is 71.2 cm³/mol. The quantitative estimate of drug-likeness (QED) is 0.655. The summed E-state index contributed by atoms with van der Waals surface area (Å²) in [6, 6.07) is 4.24. The third kappa shape index (κ3) is 1.89. The number of benzene rings is 1. The number of aryl methyl sites for hydroxylation is 1. The Bertz CT molecular complexity index is 667. The van der Waals surface area contributed by atoms with Crippen molar-refractivity contribution in [3.8, 4) is 0 Å². The minimum atomic E-state index is -0.761. The van der Waals surface area contributed by atoms with E-state index in [4.69, 9.17) is 0 Å². The molecule has 21 heavy (non-hydrogen) atoms. The van der Waals surface area contributed by atoms with Gasteiger partial charge in [0.05, 0.1) is 11.1 Å². The van der Waals surface area contributed by atoms with Crippen molar-refractivity contribution in [3.05, 3.63) is 34.9 Å². The van der Waals surface area contributed by atoms with Crippen LogP contribution in [0.15, 0.2) is 18.2 Å². The Labute approximate surface area is 120 Å². The fourth-order valence-corrected chi connectivity index (χ4v) is 2.52. The van der Waals surface area contributed by atoms with Crippen LogP contribution in [0.25, 0.3) is 0 Å². The van der Waals surface area contributed by atoms with Crippen LogP contribution in [-0.2, 0) is 11.2 Å². The minimum absolute atomic E-state index is 0.215. The fourth-order valence-electron chi connectivity index (χ4n) is 2.52. The minimum Gasteiger partial charge on any atom is -0.327 e. The van der Waals surface area contributed by atoms with Gasteiger partial charge in [-0.15, -0.1) is 0 Å². The number of hydrogen-bond donors (Lipinski definition) is 1. The van der Waals surface area contributed by atoms with Gasteiger partial charge in [-0.3, -0.25) is 14.4 Å². The molecule has 2 heterocycles. The summed E-state index contributed by atoms with van der Waals surface area (Å²) in [7, 11) is 0. The number of carbonyl (C=O) groups is 4. The van der Waals surface area contributed by atoms with Gasteiger partial charge in [0.1, 0.15) is 6.54 Å². The molecule has 0 aromatic heterocycles. The van der Waals surface area contributed by atoms with Gasteiger partial charge in [-0.25, -0.2) is 4.79 Å². The first-order valence-corrected chi connectivity index (χ1v) is 6.67. The van der Waals surface area contributed by atoms with E-state index in [1.807, 2.05) is 6.92 Å². The number of hydrazine groups is 1. The van der Waals surface area contributed by atoms with Gasteiger partial charge in [0, 0.05) is 0 Å². The van der Waals surface area contributed by atoms with Crippen molar-refractivity contribution in [1.29, 1.82) is 0 Å².